The molecule has 224 valence electrons. The van der Waals surface area contributed by atoms with Crippen LogP contribution in [0.5, 0.6) is 0 Å². The van der Waals surface area contributed by atoms with E-state index >= 15 is 0 Å². The van der Waals surface area contributed by atoms with Gasteiger partial charge in [0, 0.05) is 29.8 Å². The summed E-state index contributed by atoms with van der Waals surface area (Å²) < 4.78 is 43.5. The molecule has 1 saturated carbocycles. The van der Waals surface area contributed by atoms with Crippen LogP contribution in [-0.4, -0.2) is 45.3 Å². The fourth-order valence-electron chi connectivity index (χ4n) is 5.25. The van der Waals surface area contributed by atoms with Crippen molar-refractivity contribution in [3.8, 4) is 11.3 Å². The van der Waals surface area contributed by atoms with E-state index in [9.17, 15) is 27.6 Å². The Morgan fingerprint density at radius 3 is 2.19 bits per heavy atom. The first kappa shape index (κ1) is 30.8. The highest BCUT2D eigenvalue weighted by Crippen LogP contribution is 2.38. The van der Waals surface area contributed by atoms with Gasteiger partial charge in [-0.1, -0.05) is 32.9 Å². The Hall–Kier alpha value is -4.15. The first-order valence-corrected chi connectivity index (χ1v) is 13.9. The summed E-state index contributed by atoms with van der Waals surface area (Å²) in [5.41, 5.74) is 0.993. The molecule has 2 amide bonds. The molecule has 1 heterocycles. The molecule has 8 nitrogen and oxygen atoms in total. The van der Waals surface area contributed by atoms with Crippen LogP contribution in [0.3, 0.4) is 0 Å². The number of carboxylic acids is 1. The Labute approximate surface area is 242 Å². The summed E-state index contributed by atoms with van der Waals surface area (Å²) in [6, 6.07) is 8.89. The molecule has 3 N–H and O–H groups in total. The van der Waals surface area contributed by atoms with Crippen molar-refractivity contribution in [1.29, 1.82) is 0 Å². The largest absolute Gasteiger partial charge is 0.481 e. The van der Waals surface area contributed by atoms with Crippen LogP contribution in [0.2, 0.25) is 0 Å². The average Bonchev–Trinajstić information content (AvgIpc) is 3.34. The zero-order valence-corrected chi connectivity index (χ0v) is 23.8. The number of rotatable bonds is 9. The van der Waals surface area contributed by atoms with E-state index in [0.717, 1.165) is 25.7 Å². The topological polar surface area (TPSA) is 113 Å². The molecule has 0 atom stereocenters. The van der Waals surface area contributed by atoms with Crippen molar-refractivity contribution in [1.82, 2.24) is 20.4 Å². The second-order valence-electron chi connectivity index (χ2n) is 11.8. The van der Waals surface area contributed by atoms with Gasteiger partial charge in [0.2, 0.25) is 0 Å². The van der Waals surface area contributed by atoms with Crippen molar-refractivity contribution >= 4 is 17.8 Å². The maximum atomic E-state index is 14.6. The molecule has 4 rings (SSSR count). The second kappa shape index (κ2) is 12.8. The van der Waals surface area contributed by atoms with Crippen LogP contribution in [0.1, 0.15) is 79.3 Å². The quantitative estimate of drug-likeness (QED) is 0.285. The van der Waals surface area contributed by atoms with Gasteiger partial charge in [0.05, 0.1) is 18.7 Å². The van der Waals surface area contributed by atoms with Crippen molar-refractivity contribution in [2.75, 3.05) is 6.54 Å². The van der Waals surface area contributed by atoms with Crippen LogP contribution in [0.15, 0.2) is 42.5 Å². The number of nitrogens with one attached hydrogen (secondary N) is 2. The SMILES string of the molecule is CC(C)(C)C1CCC(NC(=O)c2cc(-c3cc(F)c(F)cc3F)nn2Cc2ccc(C(=O)NCCC(=O)O)cc2)CC1. The maximum absolute atomic E-state index is 14.6. The minimum absolute atomic E-state index is 0.0111. The number of carbonyl (C=O) groups is 3. The summed E-state index contributed by atoms with van der Waals surface area (Å²) >= 11 is 0. The van der Waals surface area contributed by atoms with Gasteiger partial charge in [0.15, 0.2) is 11.6 Å². The maximum Gasteiger partial charge on any atom is 0.305 e. The van der Waals surface area contributed by atoms with E-state index in [0.29, 0.717) is 29.2 Å². The molecule has 11 heteroatoms. The smallest absolute Gasteiger partial charge is 0.305 e. The fraction of sp³-hybridized carbons (Fsp3) is 0.419. The molecule has 0 aliphatic heterocycles. The van der Waals surface area contributed by atoms with Crippen molar-refractivity contribution in [3.05, 3.63) is 76.7 Å². The summed E-state index contributed by atoms with van der Waals surface area (Å²) in [7, 11) is 0. The number of aliphatic carboxylic acids is 1. The summed E-state index contributed by atoms with van der Waals surface area (Å²) in [6.07, 6.45) is 3.41. The molecule has 0 spiro atoms. The Balaban J connectivity index is 1.56. The molecule has 0 unspecified atom stereocenters. The highest BCUT2D eigenvalue weighted by Gasteiger charge is 2.31. The van der Waals surface area contributed by atoms with Gasteiger partial charge in [0.25, 0.3) is 11.8 Å². The minimum atomic E-state index is -1.33. The minimum Gasteiger partial charge on any atom is -0.481 e. The van der Waals surface area contributed by atoms with Gasteiger partial charge in [0.1, 0.15) is 11.5 Å². The lowest BCUT2D eigenvalue weighted by molar-refractivity contribution is -0.136. The van der Waals surface area contributed by atoms with E-state index in [2.05, 4.69) is 36.5 Å². The molecule has 42 heavy (non-hydrogen) atoms. The lowest BCUT2D eigenvalue weighted by Gasteiger charge is -2.37. The Morgan fingerprint density at radius 2 is 1.57 bits per heavy atom. The van der Waals surface area contributed by atoms with E-state index in [1.165, 1.54) is 10.7 Å². The molecule has 0 radical (unpaired) electrons. The van der Waals surface area contributed by atoms with Gasteiger partial charge in [-0.2, -0.15) is 5.10 Å². The highest BCUT2D eigenvalue weighted by atomic mass is 19.2. The molecular weight excluding hydrogens is 549 g/mol. The molecule has 1 aromatic heterocycles. The predicted molar refractivity (Wildman–Crippen MR) is 150 cm³/mol. The lowest BCUT2D eigenvalue weighted by atomic mass is 9.71. The first-order valence-electron chi connectivity index (χ1n) is 13.9. The third kappa shape index (κ3) is 7.57. The Kier molecular flexibility index (Phi) is 9.38. The van der Waals surface area contributed by atoms with Gasteiger partial charge in [-0.05, 0) is 66.8 Å². The number of hydrogen-bond acceptors (Lipinski definition) is 4. The van der Waals surface area contributed by atoms with Gasteiger partial charge < -0.3 is 15.7 Å². The molecule has 3 aromatic rings. The number of halogens is 3. The first-order chi connectivity index (χ1) is 19.8. The molecule has 1 aliphatic rings. The number of nitrogens with zero attached hydrogens (tertiary/aromatic N) is 2. The zero-order valence-electron chi connectivity index (χ0n) is 23.8. The van der Waals surface area contributed by atoms with Crippen LogP contribution in [0.25, 0.3) is 11.3 Å². The van der Waals surface area contributed by atoms with Crippen LogP contribution in [-0.2, 0) is 11.3 Å². The van der Waals surface area contributed by atoms with Crippen LogP contribution in [0, 0.1) is 28.8 Å². The van der Waals surface area contributed by atoms with Crippen LogP contribution < -0.4 is 10.6 Å². The molecule has 0 bridgehead atoms. The zero-order chi connectivity index (χ0) is 30.6. The Bertz CT molecular complexity index is 1460. The van der Waals surface area contributed by atoms with E-state index < -0.39 is 35.2 Å². The number of hydrogen-bond donors (Lipinski definition) is 3. The van der Waals surface area contributed by atoms with E-state index in [4.69, 9.17) is 5.11 Å². The standard InChI is InChI=1S/C31H35F3N4O4/c1-31(2,3)20-8-10-21(11-9-20)36-30(42)27-16-26(22-14-24(33)25(34)15-23(22)32)37-38(27)17-18-4-6-19(7-5-18)29(41)35-13-12-28(39)40/h4-7,14-16,20-21H,8-13,17H2,1-3H3,(H,35,41)(H,36,42)(H,39,40). The van der Waals surface area contributed by atoms with Crippen molar-refractivity contribution < 1.29 is 32.7 Å². The van der Waals surface area contributed by atoms with Crippen LogP contribution >= 0.6 is 0 Å². The Morgan fingerprint density at radius 1 is 0.929 bits per heavy atom. The van der Waals surface area contributed by atoms with E-state index in [1.54, 1.807) is 24.3 Å². The summed E-state index contributed by atoms with van der Waals surface area (Å²) in [6.45, 7) is 6.71. The summed E-state index contributed by atoms with van der Waals surface area (Å²) in [5.74, 6) is -4.88. The van der Waals surface area contributed by atoms with E-state index in [1.807, 2.05) is 0 Å². The number of carboxylic acid groups (broad SMARTS) is 1. The summed E-state index contributed by atoms with van der Waals surface area (Å²) in [4.78, 5) is 36.4. The number of benzene rings is 2. The van der Waals surface area contributed by atoms with Gasteiger partial charge in [-0.15, -0.1) is 0 Å². The molecule has 0 saturated heterocycles. The van der Waals surface area contributed by atoms with Gasteiger partial charge >= 0.3 is 5.97 Å². The molecule has 1 aliphatic carbocycles. The third-order valence-electron chi connectivity index (χ3n) is 7.76. The molecular formula is C31H35F3N4O4. The van der Waals surface area contributed by atoms with Gasteiger partial charge in [-0.25, -0.2) is 13.2 Å². The normalized spacial score (nSPS) is 17.1. The fourth-order valence-corrected chi connectivity index (χ4v) is 5.25. The van der Waals surface area contributed by atoms with Crippen LogP contribution in [0.4, 0.5) is 13.2 Å². The monoisotopic (exact) mass is 584 g/mol. The van der Waals surface area contributed by atoms with E-state index in [-0.39, 0.29) is 47.9 Å². The van der Waals surface area contributed by atoms with Crippen molar-refractivity contribution in [2.24, 2.45) is 11.3 Å². The predicted octanol–water partition coefficient (Wildman–Crippen LogP) is 5.55. The second-order valence-corrected chi connectivity index (χ2v) is 11.8. The number of aromatic nitrogens is 2. The molecule has 1 fully saturated rings. The highest BCUT2D eigenvalue weighted by molar-refractivity contribution is 5.95. The third-order valence-corrected chi connectivity index (χ3v) is 7.76. The summed E-state index contributed by atoms with van der Waals surface area (Å²) in [5, 5.41) is 18.7. The lowest BCUT2D eigenvalue weighted by Crippen LogP contribution is -2.40. The van der Waals surface area contributed by atoms with Crippen molar-refractivity contribution in [2.45, 2.75) is 65.5 Å². The number of amides is 2. The average molecular weight is 585 g/mol. The van der Waals surface area contributed by atoms with Gasteiger partial charge in [-0.3, -0.25) is 19.1 Å². The number of carbonyl (C=O) groups excluding carboxylic acids is 2. The van der Waals surface area contributed by atoms with Crippen molar-refractivity contribution in [3.63, 3.8) is 0 Å². The molecule has 2 aromatic carbocycles.